The minimum Gasteiger partial charge on any atom is -0.494 e. The van der Waals surface area contributed by atoms with E-state index < -0.39 is 6.04 Å². The fourth-order valence-electron chi connectivity index (χ4n) is 4.48. The number of amides is 2. The largest absolute Gasteiger partial charge is 0.494 e. The van der Waals surface area contributed by atoms with Crippen LogP contribution in [0.5, 0.6) is 5.75 Å². The van der Waals surface area contributed by atoms with Crippen molar-refractivity contribution in [3.63, 3.8) is 0 Å². The quantitative estimate of drug-likeness (QED) is 0.586. The number of rotatable bonds is 9. The Balaban J connectivity index is 1.23. The minimum atomic E-state index is -0.467. The van der Waals surface area contributed by atoms with Crippen molar-refractivity contribution in [3.8, 4) is 5.75 Å². The van der Waals surface area contributed by atoms with Crippen LogP contribution in [0, 0.1) is 11.7 Å². The molecule has 2 amide bonds. The average Bonchev–Trinajstić information content (AvgIpc) is 3.12. The van der Waals surface area contributed by atoms with Gasteiger partial charge in [0, 0.05) is 6.54 Å². The van der Waals surface area contributed by atoms with Crippen LogP contribution in [-0.4, -0.2) is 49.0 Å². The molecule has 0 aromatic heterocycles. The second kappa shape index (κ2) is 10.9. The average molecular weight is 454 g/mol. The van der Waals surface area contributed by atoms with Crippen LogP contribution in [0.15, 0.2) is 48.5 Å². The van der Waals surface area contributed by atoms with E-state index in [-0.39, 0.29) is 24.1 Å². The molecule has 6 nitrogen and oxygen atoms in total. The fourth-order valence-corrected chi connectivity index (χ4v) is 4.48. The molecule has 176 valence electrons. The first-order chi connectivity index (χ1) is 16.0. The van der Waals surface area contributed by atoms with Gasteiger partial charge in [-0.05, 0) is 86.8 Å². The zero-order valence-electron chi connectivity index (χ0n) is 19.1. The van der Waals surface area contributed by atoms with Gasteiger partial charge in [-0.15, -0.1) is 0 Å². The molecule has 1 N–H and O–H groups in total. The van der Waals surface area contributed by atoms with Gasteiger partial charge in [0.1, 0.15) is 11.6 Å². The van der Waals surface area contributed by atoms with E-state index in [1.54, 1.807) is 24.3 Å². The van der Waals surface area contributed by atoms with Gasteiger partial charge < -0.3 is 10.1 Å². The van der Waals surface area contributed by atoms with Crippen LogP contribution in [0.2, 0.25) is 0 Å². The molecule has 0 bridgehead atoms. The standard InChI is InChI=1S/C26H32FN3O3/c1-2-15-33-23-9-7-22(8-10-23)30-25(31)16-24(26(30)32)28-17-19-11-13-29(14-12-19)18-20-3-5-21(27)6-4-20/h3-10,19,24,28H,2,11-18H2,1H3/t24-/m0/s1. The summed E-state index contributed by atoms with van der Waals surface area (Å²) in [6.07, 6.45) is 3.18. The molecule has 2 fully saturated rings. The number of benzene rings is 2. The Hall–Kier alpha value is -2.77. The minimum absolute atomic E-state index is 0.172. The SMILES string of the molecule is CCCOc1ccc(N2C(=O)C[C@H](NCC3CCN(Cc4ccc(F)cc4)CC3)C2=O)cc1. The molecule has 2 aromatic carbocycles. The normalized spacial score (nSPS) is 19.9. The first kappa shape index (κ1) is 23.4. The predicted octanol–water partition coefficient (Wildman–Crippen LogP) is 3.75. The summed E-state index contributed by atoms with van der Waals surface area (Å²) < 4.78 is 18.7. The lowest BCUT2D eigenvalue weighted by molar-refractivity contribution is -0.121. The Labute approximate surface area is 194 Å². The number of halogens is 1. The molecule has 1 atom stereocenters. The van der Waals surface area contributed by atoms with Crippen LogP contribution < -0.4 is 15.0 Å². The highest BCUT2D eigenvalue weighted by Gasteiger charge is 2.39. The number of piperidine rings is 1. The van der Waals surface area contributed by atoms with Crippen molar-refractivity contribution < 1.29 is 18.7 Å². The highest BCUT2D eigenvalue weighted by atomic mass is 19.1. The van der Waals surface area contributed by atoms with Gasteiger partial charge in [0.05, 0.1) is 24.8 Å². The van der Waals surface area contributed by atoms with E-state index in [4.69, 9.17) is 4.74 Å². The predicted molar refractivity (Wildman–Crippen MR) is 126 cm³/mol. The molecule has 2 aliphatic rings. The third kappa shape index (κ3) is 5.97. The molecule has 0 radical (unpaired) electrons. The van der Waals surface area contributed by atoms with E-state index in [0.717, 1.165) is 56.8 Å². The molecular weight excluding hydrogens is 421 g/mol. The summed E-state index contributed by atoms with van der Waals surface area (Å²) >= 11 is 0. The number of likely N-dealkylation sites (tertiary alicyclic amines) is 1. The van der Waals surface area contributed by atoms with Crippen LogP contribution in [0.25, 0.3) is 0 Å². The third-order valence-corrected chi connectivity index (χ3v) is 6.39. The molecule has 2 heterocycles. The van der Waals surface area contributed by atoms with E-state index in [9.17, 15) is 14.0 Å². The second-order valence-electron chi connectivity index (χ2n) is 8.92. The van der Waals surface area contributed by atoms with Crippen molar-refractivity contribution in [1.82, 2.24) is 10.2 Å². The van der Waals surface area contributed by atoms with Crippen LogP contribution in [0.3, 0.4) is 0 Å². The molecule has 2 saturated heterocycles. The Morgan fingerprint density at radius 3 is 2.39 bits per heavy atom. The summed E-state index contributed by atoms with van der Waals surface area (Å²) in [5.41, 5.74) is 1.71. The third-order valence-electron chi connectivity index (χ3n) is 6.39. The molecule has 0 aliphatic carbocycles. The summed E-state index contributed by atoms with van der Waals surface area (Å²) in [5, 5.41) is 3.34. The van der Waals surface area contributed by atoms with Gasteiger partial charge in [0.25, 0.3) is 5.91 Å². The number of carbonyl (C=O) groups excluding carboxylic acids is 2. The number of nitrogens with zero attached hydrogens (tertiary/aromatic N) is 2. The van der Waals surface area contributed by atoms with E-state index in [1.165, 1.54) is 17.0 Å². The monoisotopic (exact) mass is 453 g/mol. The van der Waals surface area contributed by atoms with Crippen LogP contribution in [0.4, 0.5) is 10.1 Å². The van der Waals surface area contributed by atoms with Crippen LogP contribution in [-0.2, 0) is 16.1 Å². The Bertz CT molecular complexity index is 940. The molecule has 2 aromatic rings. The zero-order chi connectivity index (χ0) is 23.2. The van der Waals surface area contributed by atoms with Gasteiger partial charge in [-0.25, -0.2) is 9.29 Å². The van der Waals surface area contributed by atoms with Gasteiger partial charge in [0.15, 0.2) is 0 Å². The number of hydrogen-bond donors (Lipinski definition) is 1. The summed E-state index contributed by atoms with van der Waals surface area (Å²) in [7, 11) is 0. The fraction of sp³-hybridized carbons (Fsp3) is 0.462. The number of anilines is 1. The Kier molecular flexibility index (Phi) is 7.73. The molecule has 33 heavy (non-hydrogen) atoms. The number of ether oxygens (including phenoxy) is 1. The maximum Gasteiger partial charge on any atom is 0.251 e. The second-order valence-corrected chi connectivity index (χ2v) is 8.92. The van der Waals surface area contributed by atoms with Gasteiger partial charge >= 0.3 is 0 Å². The van der Waals surface area contributed by atoms with Crippen molar-refractivity contribution in [2.24, 2.45) is 5.92 Å². The summed E-state index contributed by atoms with van der Waals surface area (Å²) in [5.74, 6) is 0.645. The zero-order valence-corrected chi connectivity index (χ0v) is 19.1. The molecule has 0 unspecified atom stereocenters. The summed E-state index contributed by atoms with van der Waals surface area (Å²) in [4.78, 5) is 29.1. The lowest BCUT2D eigenvalue weighted by Crippen LogP contribution is -2.43. The first-order valence-electron chi connectivity index (χ1n) is 11.8. The molecule has 7 heteroatoms. The van der Waals surface area contributed by atoms with E-state index in [0.29, 0.717) is 18.2 Å². The summed E-state index contributed by atoms with van der Waals surface area (Å²) in [6, 6.07) is 13.3. The van der Waals surface area contributed by atoms with Crippen molar-refractivity contribution in [2.75, 3.05) is 31.1 Å². The van der Waals surface area contributed by atoms with Gasteiger partial charge in [-0.3, -0.25) is 14.5 Å². The van der Waals surface area contributed by atoms with E-state index >= 15 is 0 Å². The molecule has 0 spiro atoms. The Morgan fingerprint density at radius 2 is 1.73 bits per heavy atom. The molecule has 4 rings (SSSR count). The van der Waals surface area contributed by atoms with Gasteiger partial charge in [0.2, 0.25) is 5.91 Å². The first-order valence-corrected chi connectivity index (χ1v) is 11.8. The Morgan fingerprint density at radius 1 is 1.03 bits per heavy atom. The number of hydrogen-bond acceptors (Lipinski definition) is 5. The summed E-state index contributed by atoms with van der Waals surface area (Å²) in [6.45, 7) is 6.18. The molecule has 0 saturated carbocycles. The lowest BCUT2D eigenvalue weighted by atomic mass is 9.96. The number of carbonyl (C=O) groups is 2. The highest BCUT2D eigenvalue weighted by molar-refractivity contribution is 6.22. The van der Waals surface area contributed by atoms with Crippen LogP contribution >= 0.6 is 0 Å². The van der Waals surface area contributed by atoms with Crippen LogP contribution in [0.1, 0.15) is 38.2 Å². The van der Waals surface area contributed by atoms with Crippen molar-refractivity contribution >= 4 is 17.5 Å². The van der Waals surface area contributed by atoms with E-state index in [1.807, 2.05) is 19.1 Å². The van der Waals surface area contributed by atoms with Crippen molar-refractivity contribution in [3.05, 3.63) is 59.9 Å². The van der Waals surface area contributed by atoms with Gasteiger partial charge in [-0.1, -0.05) is 19.1 Å². The maximum atomic E-state index is 13.1. The number of imide groups is 1. The topological polar surface area (TPSA) is 61.9 Å². The smallest absolute Gasteiger partial charge is 0.251 e. The lowest BCUT2D eigenvalue weighted by Gasteiger charge is -2.32. The highest BCUT2D eigenvalue weighted by Crippen LogP contribution is 2.26. The van der Waals surface area contributed by atoms with Crippen molar-refractivity contribution in [1.29, 1.82) is 0 Å². The molecular formula is C26H32FN3O3. The maximum absolute atomic E-state index is 13.1. The van der Waals surface area contributed by atoms with Gasteiger partial charge in [-0.2, -0.15) is 0 Å². The van der Waals surface area contributed by atoms with E-state index in [2.05, 4.69) is 10.2 Å². The molecule has 2 aliphatic heterocycles. The van der Waals surface area contributed by atoms with Crippen molar-refractivity contribution in [2.45, 2.75) is 45.2 Å². The number of nitrogens with one attached hydrogen (secondary N) is 1.